The molecule has 1 atom stereocenters. The summed E-state index contributed by atoms with van der Waals surface area (Å²) >= 11 is 1.83. The average molecular weight is 341 g/mol. The first-order chi connectivity index (χ1) is 11.6. The van der Waals surface area contributed by atoms with Gasteiger partial charge in [0.1, 0.15) is 5.92 Å². The van der Waals surface area contributed by atoms with E-state index in [0.29, 0.717) is 16.8 Å². The Balaban J connectivity index is 1.84. The van der Waals surface area contributed by atoms with Crippen molar-refractivity contribution in [2.75, 3.05) is 17.2 Å². The minimum Gasteiger partial charge on any atom is -0.481 e. The summed E-state index contributed by atoms with van der Waals surface area (Å²) in [7, 11) is 0. The van der Waals surface area contributed by atoms with E-state index in [1.54, 1.807) is 11.0 Å². The fraction of sp³-hybridized carbons (Fsp3) is 0.263. The Morgan fingerprint density at radius 3 is 2.54 bits per heavy atom. The number of carbonyl (C=O) groups is 2. The van der Waals surface area contributed by atoms with Crippen LogP contribution in [0.15, 0.2) is 48.5 Å². The molecule has 1 unspecified atom stereocenters. The largest absolute Gasteiger partial charge is 0.481 e. The summed E-state index contributed by atoms with van der Waals surface area (Å²) in [6.45, 7) is 2.30. The zero-order chi connectivity index (χ0) is 17.1. The SMILES string of the molecule is CCSCc1ccc(C(=O)N2CC(C(=O)O)c3ccccc32)cc1. The van der Waals surface area contributed by atoms with Crippen molar-refractivity contribution in [3.63, 3.8) is 0 Å². The van der Waals surface area contributed by atoms with Gasteiger partial charge in [0.05, 0.1) is 0 Å². The Hall–Kier alpha value is -2.27. The van der Waals surface area contributed by atoms with Gasteiger partial charge in [-0.25, -0.2) is 0 Å². The van der Waals surface area contributed by atoms with Crippen LogP contribution in [-0.4, -0.2) is 29.3 Å². The summed E-state index contributed by atoms with van der Waals surface area (Å²) < 4.78 is 0. The molecule has 5 heteroatoms. The van der Waals surface area contributed by atoms with Gasteiger partial charge in [-0.1, -0.05) is 37.3 Å². The smallest absolute Gasteiger partial charge is 0.312 e. The van der Waals surface area contributed by atoms with Crippen LogP contribution in [0.2, 0.25) is 0 Å². The molecule has 3 rings (SSSR count). The van der Waals surface area contributed by atoms with Gasteiger partial charge < -0.3 is 10.0 Å². The monoisotopic (exact) mass is 341 g/mol. The van der Waals surface area contributed by atoms with Crippen molar-refractivity contribution in [1.82, 2.24) is 0 Å². The maximum absolute atomic E-state index is 12.8. The Labute approximate surface area is 145 Å². The number of fused-ring (bicyclic) bond motifs is 1. The number of amides is 1. The minimum absolute atomic E-state index is 0.152. The first-order valence-electron chi connectivity index (χ1n) is 7.92. The second kappa shape index (κ2) is 7.09. The zero-order valence-corrected chi connectivity index (χ0v) is 14.3. The summed E-state index contributed by atoms with van der Waals surface area (Å²) in [5.41, 5.74) is 3.17. The van der Waals surface area contributed by atoms with Gasteiger partial charge in [0.25, 0.3) is 5.91 Å². The van der Waals surface area contributed by atoms with E-state index in [2.05, 4.69) is 6.92 Å². The lowest BCUT2D eigenvalue weighted by molar-refractivity contribution is -0.138. The van der Waals surface area contributed by atoms with Gasteiger partial charge in [-0.3, -0.25) is 9.59 Å². The summed E-state index contributed by atoms with van der Waals surface area (Å²) in [5, 5.41) is 9.41. The van der Waals surface area contributed by atoms with Gasteiger partial charge in [-0.2, -0.15) is 11.8 Å². The van der Waals surface area contributed by atoms with Gasteiger partial charge in [-0.05, 0) is 35.1 Å². The van der Waals surface area contributed by atoms with Crippen molar-refractivity contribution in [1.29, 1.82) is 0 Å². The maximum atomic E-state index is 12.8. The minimum atomic E-state index is -0.898. The number of thioether (sulfide) groups is 1. The van der Waals surface area contributed by atoms with Crippen LogP contribution < -0.4 is 4.90 Å². The predicted octanol–water partition coefficient (Wildman–Crippen LogP) is 3.77. The number of aliphatic carboxylic acids is 1. The number of benzene rings is 2. The Kier molecular flexibility index (Phi) is 4.90. The van der Waals surface area contributed by atoms with E-state index in [1.165, 1.54) is 5.56 Å². The third-order valence-corrected chi connectivity index (χ3v) is 5.13. The van der Waals surface area contributed by atoms with Gasteiger partial charge >= 0.3 is 5.97 Å². The Bertz CT molecular complexity index is 757. The van der Waals surface area contributed by atoms with Gasteiger partial charge in [0.2, 0.25) is 0 Å². The van der Waals surface area contributed by atoms with Crippen LogP contribution >= 0.6 is 11.8 Å². The van der Waals surface area contributed by atoms with Crippen LogP contribution in [0, 0.1) is 0 Å². The number of carbonyl (C=O) groups excluding carboxylic acids is 1. The fourth-order valence-corrected chi connectivity index (χ4v) is 3.56. The number of para-hydroxylation sites is 1. The van der Waals surface area contributed by atoms with Crippen molar-refractivity contribution in [2.45, 2.75) is 18.6 Å². The van der Waals surface area contributed by atoms with Crippen molar-refractivity contribution in [3.8, 4) is 0 Å². The van der Waals surface area contributed by atoms with Crippen molar-refractivity contribution in [2.24, 2.45) is 0 Å². The van der Waals surface area contributed by atoms with Crippen LogP contribution in [-0.2, 0) is 10.5 Å². The van der Waals surface area contributed by atoms with Crippen LogP contribution in [0.1, 0.15) is 34.3 Å². The molecule has 0 saturated carbocycles. The van der Waals surface area contributed by atoms with E-state index in [4.69, 9.17) is 0 Å². The highest BCUT2D eigenvalue weighted by atomic mass is 32.2. The number of carboxylic acid groups (broad SMARTS) is 1. The average Bonchev–Trinajstić information content (AvgIpc) is 3.00. The molecule has 24 heavy (non-hydrogen) atoms. The second-order valence-corrected chi connectivity index (χ2v) is 6.97. The van der Waals surface area contributed by atoms with E-state index in [-0.39, 0.29) is 12.5 Å². The highest BCUT2D eigenvalue weighted by molar-refractivity contribution is 7.98. The molecule has 0 bridgehead atoms. The maximum Gasteiger partial charge on any atom is 0.312 e. The van der Waals surface area contributed by atoms with E-state index < -0.39 is 11.9 Å². The number of hydrogen-bond donors (Lipinski definition) is 1. The molecule has 124 valence electrons. The molecule has 1 heterocycles. The molecule has 4 nitrogen and oxygen atoms in total. The number of rotatable bonds is 5. The van der Waals surface area contributed by atoms with Crippen molar-refractivity contribution >= 4 is 29.3 Å². The molecule has 2 aromatic rings. The van der Waals surface area contributed by atoms with Crippen LogP contribution in [0.5, 0.6) is 0 Å². The molecule has 1 amide bonds. The summed E-state index contributed by atoms with van der Waals surface area (Å²) in [6, 6.07) is 14.8. The number of carboxylic acids is 1. The zero-order valence-electron chi connectivity index (χ0n) is 13.4. The van der Waals surface area contributed by atoms with Gasteiger partial charge in [0, 0.05) is 23.5 Å². The van der Waals surface area contributed by atoms with Crippen molar-refractivity contribution < 1.29 is 14.7 Å². The van der Waals surface area contributed by atoms with Crippen LogP contribution in [0.4, 0.5) is 5.69 Å². The third-order valence-electron chi connectivity index (χ3n) is 4.19. The standard InChI is InChI=1S/C19H19NO3S/c1-2-24-12-13-7-9-14(10-8-13)18(21)20-11-16(19(22)23)15-5-3-4-6-17(15)20/h3-10,16H,2,11-12H2,1H3,(H,22,23). The first kappa shape index (κ1) is 16.6. The molecular formula is C19H19NO3S. The molecule has 1 aliphatic rings. The summed E-state index contributed by atoms with van der Waals surface area (Å²) in [6.07, 6.45) is 0. The van der Waals surface area contributed by atoms with E-state index in [0.717, 1.165) is 11.5 Å². The Morgan fingerprint density at radius 1 is 1.17 bits per heavy atom. The lowest BCUT2D eigenvalue weighted by Crippen LogP contribution is -2.31. The lowest BCUT2D eigenvalue weighted by Gasteiger charge is -2.17. The molecule has 0 spiro atoms. The second-order valence-electron chi connectivity index (χ2n) is 5.70. The third kappa shape index (κ3) is 3.17. The molecular weight excluding hydrogens is 322 g/mol. The lowest BCUT2D eigenvalue weighted by atomic mass is 10.0. The summed E-state index contributed by atoms with van der Waals surface area (Å²) in [4.78, 5) is 25.9. The summed E-state index contributed by atoms with van der Waals surface area (Å²) in [5.74, 6) is 0.274. The van der Waals surface area contributed by atoms with E-state index >= 15 is 0 Å². The molecule has 2 aromatic carbocycles. The highest BCUT2D eigenvalue weighted by Gasteiger charge is 2.36. The molecule has 0 radical (unpaired) electrons. The molecule has 0 saturated heterocycles. The molecule has 0 aromatic heterocycles. The fourth-order valence-electron chi connectivity index (χ4n) is 2.93. The van der Waals surface area contributed by atoms with E-state index in [9.17, 15) is 14.7 Å². The molecule has 1 N–H and O–H groups in total. The first-order valence-corrected chi connectivity index (χ1v) is 9.07. The van der Waals surface area contributed by atoms with Crippen LogP contribution in [0.3, 0.4) is 0 Å². The normalized spacial score (nSPS) is 16.0. The topological polar surface area (TPSA) is 57.6 Å². The molecule has 0 aliphatic carbocycles. The number of anilines is 1. The van der Waals surface area contributed by atoms with Crippen molar-refractivity contribution in [3.05, 3.63) is 65.2 Å². The van der Waals surface area contributed by atoms with E-state index in [1.807, 2.05) is 54.2 Å². The predicted molar refractivity (Wildman–Crippen MR) is 96.8 cm³/mol. The molecule has 0 fully saturated rings. The van der Waals surface area contributed by atoms with Crippen LogP contribution in [0.25, 0.3) is 0 Å². The van der Waals surface area contributed by atoms with Gasteiger partial charge in [0.15, 0.2) is 0 Å². The quantitative estimate of drug-likeness (QED) is 0.899. The highest BCUT2D eigenvalue weighted by Crippen LogP contribution is 2.37. The Morgan fingerprint density at radius 2 is 1.88 bits per heavy atom. The van der Waals surface area contributed by atoms with Gasteiger partial charge in [-0.15, -0.1) is 0 Å². The number of nitrogens with zero attached hydrogens (tertiary/aromatic N) is 1. The number of hydrogen-bond acceptors (Lipinski definition) is 3. The molecule has 1 aliphatic heterocycles.